The average Bonchev–Trinajstić information content (AvgIpc) is 3.06. The largest absolute Gasteiger partial charge is 0.350 e. The minimum absolute atomic E-state index is 0.0785. The van der Waals surface area contributed by atoms with E-state index in [-0.39, 0.29) is 5.91 Å². The Labute approximate surface area is 163 Å². The van der Waals surface area contributed by atoms with Crippen molar-refractivity contribution in [3.63, 3.8) is 0 Å². The molecule has 1 saturated heterocycles. The number of nitrogens with zero attached hydrogens (tertiary/aromatic N) is 2. The molecule has 0 atom stereocenters. The van der Waals surface area contributed by atoms with Gasteiger partial charge < -0.3 is 4.57 Å². The Morgan fingerprint density at radius 3 is 2.60 bits per heavy atom. The fourth-order valence-corrected chi connectivity index (χ4v) is 4.46. The second-order valence-corrected chi connectivity index (χ2v) is 8.30. The molecular weight excluding hydrogens is 416 g/mol. The maximum absolute atomic E-state index is 12.9. The van der Waals surface area contributed by atoms with E-state index >= 15 is 0 Å². The van der Waals surface area contributed by atoms with Crippen LogP contribution in [0.2, 0.25) is 0 Å². The van der Waals surface area contributed by atoms with Gasteiger partial charge in [0.2, 0.25) is 0 Å². The van der Waals surface area contributed by atoms with Gasteiger partial charge in [-0.25, -0.2) is 0 Å². The summed E-state index contributed by atoms with van der Waals surface area (Å²) in [4.78, 5) is 15.1. The van der Waals surface area contributed by atoms with Crippen LogP contribution in [0.4, 0.5) is 5.69 Å². The highest BCUT2D eigenvalue weighted by atomic mass is 79.9. The van der Waals surface area contributed by atoms with E-state index in [9.17, 15) is 4.79 Å². The van der Waals surface area contributed by atoms with Crippen molar-refractivity contribution >= 4 is 72.8 Å². The molecule has 1 fully saturated rings. The Bertz CT molecular complexity index is 1040. The van der Waals surface area contributed by atoms with Gasteiger partial charge >= 0.3 is 0 Å². The van der Waals surface area contributed by atoms with Crippen LogP contribution in [0.15, 0.2) is 64.1 Å². The van der Waals surface area contributed by atoms with E-state index in [0.717, 1.165) is 26.6 Å². The third-order valence-electron chi connectivity index (χ3n) is 4.09. The van der Waals surface area contributed by atoms with Crippen molar-refractivity contribution in [2.75, 3.05) is 4.90 Å². The number of hydrogen-bond donors (Lipinski definition) is 0. The molecular formula is C19H13BrN2OS2. The Kier molecular flexibility index (Phi) is 4.27. The molecule has 25 heavy (non-hydrogen) atoms. The number of thioether (sulfide) groups is 1. The van der Waals surface area contributed by atoms with Crippen molar-refractivity contribution in [1.29, 1.82) is 0 Å². The van der Waals surface area contributed by atoms with Crippen LogP contribution < -0.4 is 4.90 Å². The summed E-state index contributed by atoms with van der Waals surface area (Å²) in [7, 11) is 2.01. The number of hydrogen-bond acceptors (Lipinski definition) is 3. The van der Waals surface area contributed by atoms with Gasteiger partial charge in [-0.1, -0.05) is 58.1 Å². The normalized spacial score (nSPS) is 16.4. The molecule has 1 aliphatic rings. The van der Waals surface area contributed by atoms with E-state index in [2.05, 4.69) is 32.6 Å². The van der Waals surface area contributed by atoms with Gasteiger partial charge in [-0.15, -0.1) is 0 Å². The van der Waals surface area contributed by atoms with E-state index in [1.54, 1.807) is 4.90 Å². The van der Waals surface area contributed by atoms with Crippen molar-refractivity contribution in [2.24, 2.45) is 7.05 Å². The number of rotatable bonds is 2. The molecule has 3 nitrogen and oxygen atoms in total. The smallest absolute Gasteiger partial charge is 0.270 e. The molecule has 6 heteroatoms. The van der Waals surface area contributed by atoms with Gasteiger partial charge in [0.05, 0.1) is 10.6 Å². The maximum atomic E-state index is 12.9. The molecule has 4 rings (SSSR count). The number of carbonyl (C=O) groups excluding carboxylic acids is 1. The van der Waals surface area contributed by atoms with Crippen LogP contribution in [0.3, 0.4) is 0 Å². The molecule has 0 spiro atoms. The summed E-state index contributed by atoms with van der Waals surface area (Å²) in [5, 5.41) is 1.12. The van der Waals surface area contributed by atoms with Gasteiger partial charge in [0, 0.05) is 34.2 Å². The predicted octanol–water partition coefficient (Wildman–Crippen LogP) is 5.35. The zero-order chi connectivity index (χ0) is 17.6. The average molecular weight is 429 g/mol. The lowest BCUT2D eigenvalue weighted by atomic mass is 10.1. The summed E-state index contributed by atoms with van der Waals surface area (Å²) >= 11 is 10.2. The second kappa shape index (κ2) is 6.44. The Morgan fingerprint density at radius 1 is 1.12 bits per heavy atom. The summed E-state index contributed by atoms with van der Waals surface area (Å²) < 4.78 is 3.59. The van der Waals surface area contributed by atoms with Crippen LogP contribution in [-0.2, 0) is 11.8 Å². The zero-order valence-corrected chi connectivity index (χ0v) is 16.5. The lowest BCUT2D eigenvalue weighted by Crippen LogP contribution is -2.27. The standard InChI is InChI=1S/C19H13BrN2OS2/c1-21-11-12(15-4-2-3-5-16(15)21)10-17-18(23)22(19(24)25-17)14-8-6-13(20)7-9-14/h2-11H,1H3. The first-order chi connectivity index (χ1) is 12.0. The topological polar surface area (TPSA) is 25.2 Å². The van der Waals surface area contributed by atoms with E-state index in [1.165, 1.54) is 11.8 Å². The van der Waals surface area contributed by atoms with Crippen LogP contribution in [-0.4, -0.2) is 14.8 Å². The van der Waals surface area contributed by atoms with Gasteiger partial charge in [0.1, 0.15) is 0 Å². The fraction of sp³-hybridized carbons (Fsp3) is 0.0526. The molecule has 2 heterocycles. The molecule has 0 radical (unpaired) electrons. The molecule has 0 N–H and O–H groups in total. The summed E-state index contributed by atoms with van der Waals surface area (Å²) in [6.45, 7) is 0. The highest BCUT2D eigenvalue weighted by molar-refractivity contribution is 9.10. The van der Waals surface area contributed by atoms with Gasteiger partial charge in [-0.2, -0.15) is 0 Å². The van der Waals surface area contributed by atoms with E-state index in [1.807, 2.05) is 55.7 Å². The summed E-state index contributed by atoms with van der Waals surface area (Å²) in [5.74, 6) is -0.0785. The number of aryl methyl sites for hydroxylation is 1. The van der Waals surface area contributed by atoms with Crippen molar-refractivity contribution in [3.05, 3.63) is 69.7 Å². The number of thiocarbonyl (C=S) groups is 1. The van der Waals surface area contributed by atoms with Gasteiger partial charge in [-0.3, -0.25) is 9.69 Å². The van der Waals surface area contributed by atoms with Crippen molar-refractivity contribution in [1.82, 2.24) is 4.57 Å². The van der Waals surface area contributed by atoms with Crippen LogP contribution in [0.5, 0.6) is 0 Å². The van der Waals surface area contributed by atoms with Crippen LogP contribution in [0.25, 0.3) is 17.0 Å². The highest BCUT2D eigenvalue weighted by Gasteiger charge is 2.33. The molecule has 0 bridgehead atoms. The molecule has 0 saturated carbocycles. The Morgan fingerprint density at radius 2 is 1.84 bits per heavy atom. The van der Waals surface area contributed by atoms with E-state index in [0.29, 0.717) is 9.23 Å². The lowest BCUT2D eigenvalue weighted by molar-refractivity contribution is -0.113. The SMILES string of the molecule is Cn1cc(C=C2SC(=S)N(c3ccc(Br)cc3)C2=O)c2ccccc21. The lowest BCUT2D eigenvalue weighted by Gasteiger charge is -2.14. The minimum atomic E-state index is -0.0785. The second-order valence-electron chi connectivity index (χ2n) is 5.71. The maximum Gasteiger partial charge on any atom is 0.270 e. The zero-order valence-electron chi connectivity index (χ0n) is 13.3. The minimum Gasteiger partial charge on any atom is -0.350 e. The molecule has 124 valence electrons. The van der Waals surface area contributed by atoms with Crippen LogP contribution >= 0.6 is 39.9 Å². The molecule has 0 unspecified atom stereocenters. The van der Waals surface area contributed by atoms with E-state index in [4.69, 9.17) is 12.2 Å². The van der Waals surface area contributed by atoms with Gasteiger partial charge in [-0.05, 0) is 36.4 Å². The summed E-state index contributed by atoms with van der Waals surface area (Å²) in [5.41, 5.74) is 2.94. The van der Waals surface area contributed by atoms with E-state index < -0.39 is 0 Å². The predicted molar refractivity (Wildman–Crippen MR) is 113 cm³/mol. The quantitative estimate of drug-likeness (QED) is 0.406. The molecule has 1 aliphatic heterocycles. The van der Waals surface area contributed by atoms with Crippen molar-refractivity contribution in [2.45, 2.75) is 0 Å². The third-order valence-corrected chi connectivity index (χ3v) is 5.92. The highest BCUT2D eigenvalue weighted by Crippen LogP contribution is 2.37. The van der Waals surface area contributed by atoms with Crippen molar-refractivity contribution < 1.29 is 4.79 Å². The third kappa shape index (κ3) is 2.94. The van der Waals surface area contributed by atoms with Crippen LogP contribution in [0, 0.1) is 0 Å². The van der Waals surface area contributed by atoms with Crippen LogP contribution in [0.1, 0.15) is 5.56 Å². The molecule has 1 amide bonds. The number of para-hydroxylation sites is 1. The number of anilines is 1. The first-order valence-electron chi connectivity index (χ1n) is 7.62. The molecule has 1 aromatic heterocycles. The first kappa shape index (κ1) is 16.6. The number of aromatic nitrogens is 1. The first-order valence-corrected chi connectivity index (χ1v) is 9.64. The number of benzene rings is 2. The number of halogens is 1. The van der Waals surface area contributed by atoms with Crippen molar-refractivity contribution in [3.8, 4) is 0 Å². The van der Waals surface area contributed by atoms with Gasteiger partial charge in [0.15, 0.2) is 4.32 Å². The van der Waals surface area contributed by atoms with Gasteiger partial charge in [0.25, 0.3) is 5.91 Å². The molecule has 0 aliphatic carbocycles. The fourth-order valence-electron chi connectivity index (χ4n) is 2.91. The molecule has 2 aromatic carbocycles. The Hall–Kier alpha value is -1.89. The number of carbonyl (C=O) groups is 1. The number of amides is 1. The Balaban J connectivity index is 1.74. The molecule has 3 aromatic rings. The summed E-state index contributed by atoms with van der Waals surface area (Å²) in [6.07, 6.45) is 3.97. The monoisotopic (exact) mass is 428 g/mol. The number of fused-ring (bicyclic) bond motifs is 1. The summed E-state index contributed by atoms with van der Waals surface area (Å²) in [6, 6.07) is 15.7.